The summed E-state index contributed by atoms with van der Waals surface area (Å²) in [6.07, 6.45) is 7.81. The van der Waals surface area contributed by atoms with Gasteiger partial charge in [0, 0.05) is 28.3 Å². The van der Waals surface area contributed by atoms with E-state index in [-0.39, 0.29) is 0 Å². The minimum Gasteiger partial charge on any atom is -0.478 e. The molecule has 1 aromatic carbocycles. The molecule has 2 saturated heterocycles. The first-order valence-electron chi connectivity index (χ1n) is 7.62. The number of carboxylic acid groups (broad SMARTS) is 1. The molecule has 0 aromatic heterocycles. The van der Waals surface area contributed by atoms with Crippen LogP contribution in [0.5, 0.6) is 0 Å². The maximum absolute atomic E-state index is 10.6. The molecule has 5 heteroatoms. The molecule has 3 nitrogen and oxygen atoms in total. The zero-order chi connectivity index (χ0) is 15.7. The summed E-state index contributed by atoms with van der Waals surface area (Å²) in [6.45, 7) is 0. The number of carboxylic acids is 1. The predicted octanol–water partition coefficient (Wildman–Crippen LogP) is 4.16. The Balaban J connectivity index is 1.67. The fraction of sp³-hybridized carbons (Fsp3) is 0.471. The van der Waals surface area contributed by atoms with Crippen molar-refractivity contribution in [3.05, 3.63) is 34.9 Å². The molecule has 2 aliphatic rings. The molecule has 2 bridgehead atoms. The number of nitrogens with zero attached hydrogens (tertiary/aromatic N) is 1. The van der Waals surface area contributed by atoms with E-state index in [2.05, 4.69) is 11.9 Å². The van der Waals surface area contributed by atoms with Crippen molar-refractivity contribution in [3.8, 4) is 0 Å². The van der Waals surface area contributed by atoms with Crippen molar-refractivity contribution in [2.45, 2.75) is 47.9 Å². The van der Waals surface area contributed by atoms with Crippen molar-refractivity contribution >= 4 is 35.4 Å². The Hall–Kier alpha value is -0.970. The summed E-state index contributed by atoms with van der Waals surface area (Å²) >= 11 is 8.24. The molecule has 2 aliphatic heterocycles. The second-order valence-electron chi connectivity index (χ2n) is 6.12. The lowest BCUT2D eigenvalue weighted by molar-refractivity contribution is -0.131. The second-order valence-corrected chi connectivity index (χ2v) is 7.87. The van der Waals surface area contributed by atoms with Crippen LogP contribution in [0.25, 0.3) is 6.08 Å². The van der Waals surface area contributed by atoms with Crippen LogP contribution < -0.4 is 0 Å². The number of fused-ring (bicyclic) bond motifs is 2. The number of carbonyl (C=O) groups is 1. The number of piperidine rings is 1. The van der Waals surface area contributed by atoms with Crippen LogP contribution in [0.2, 0.25) is 5.02 Å². The lowest BCUT2D eigenvalue weighted by atomic mass is 10.0. The molecule has 2 atom stereocenters. The summed E-state index contributed by atoms with van der Waals surface area (Å²) in [5, 5.41) is 10.0. The largest absolute Gasteiger partial charge is 0.478 e. The van der Waals surface area contributed by atoms with Gasteiger partial charge in [-0.1, -0.05) is 17.7 Å². The molecule has 22 heavy (non-hydrogen) atoms. The normalized spacial score (nSPS) is 28.4. The first kappa shape index (κ1) is 15.9. The number of rotatable bonds is 4. The highest BCUT2D eigenvalue weighted by Crippen LogP contribution is 2.43. The average Bonchev–Trinajstić information content (AvgIpc) is 2.70. The molecule has 2 unspecified atom stereocenters. The van der Waals surface area contributed by atoms with Crippen molar-refractivity contribution in [2.75, 3.05) is 7.05 Å². The van der Waals surface area contributed by atoms with Crippen molar-refractivity contribution < 1.29 is 9.90 Å². The molecule has 2 heterocycles. The topological polar surface area (TPSA) is 40.5 Å². The van der Waals surface area contributed by atoms with Crippen molar-refractivity contribution in [2.24, 2.45) is 0 Å². The average molecular weight is 338 g/mol. The summed E-state index contributed by atoms with van der Waals surface area (Å²) in [4.78, 5) is 14.2. The van der Waals surface area contributed by atoms with Crippen LogP contribution in [0.15, 0.2) is 29.2 Å². The lowest BCUT2D eigenvalue weighted by Gasteiger charge is -2.36. The van der Waals surface area contributed by atoms with Gasteiger partial charge in [0.05, 0.1) is 5.02 Å². The number of thioether (sulfide) groups is 1. The van der Waals surface area contributed by atoms with E-state index in [1.165, 1.54) is 25.7 Å². The van der Waals surface area contributed by atoms with Gasteiger partial charge >= 0.3 is 5.97 Å². The van der Waals surface area contributed by atoms with Crippen LogP contribution in [0.4, 0.5) is 0 Å². The highest BCUT2D eigenvalue weighted by Gasteiger charge is 2.38. The summed E-state index contributed by atoms with van der Waals surface area (Å²) < 4.78 is 0. The first-order valence-corrected chi connectivity index (χ1v) is 8.88. The molecule has 0 radical (unpaired) electrons. The molecule has 0 amide bonds. The number of halogens is 1. The van der Waals surface area contributed by atoms with E-state index in [4.69, 9.17) is 16.7 Å². The summed E-state index contributed by atoms with van der Waals surface area (Å²) in [6, 6.07) is 7.24. The lowest BCUT2D eigenvalue weighted by Crippen LogP contribution is -2.40. The van der Waals surface area contributed by atoms with E-state index in [0.717, 1.165) is 28.6 Å². The van der Waals surface area contributed by atoms with Gasteiger partial charge in [0.25, 0.3) is 0 Å². The van der Waals surface area contributed by atoms with Gasteiger partial charge in [-0.2, -0.15) is 0 Å². The third-order valence-corrected chi connectivity index (χ3v) is 6.48. The number of aliphatic carboxylic acids is 1. The summed E-state index contributed by atoms with van der Waals surface area (Å²) in [5.74, 6) is -0.948. The van der Waals surface area contributed by atoms with Crippen LogP contribution >= 0.6 is 23.4 Å². The maximum Gasteiger partial charge on any atom is 0.328 e. The molecule has 1 aromatic rings. The van der Waals surface area contributed by atoms with Crippen molar-refractivity contribution in [1.82, 2.24) is 4.90 Å². The Bertz CT molecular complexity index is 590. The van der Waals surface area contributed by atoms with E-state index in [9.17, 15) is 4.79 Å². The molecule has 2 fully saturated rings. The van der Waals surface area contributed by atoms with Crippen LogP contribution in [0.1, 0.15) is 31.2 Å². The molecule has 0 aliphatic carbocycles. The zero-order valence-corrected chi connectivity index (χ0v) is 14.1. The van der Waals surface area contributed by atoms with E-state index in [0.29, 0.717) is 10.3 Å². The first-order chi connectivity index (χ1) is 10.5. The van der Waals surface area contributed by atoms with E-state index < -0.39 is 5.97 Å². The minimum atomic E-state index is -0.948. The van der Waals surface area contributed by atoms with E-state index in [1.807, 2.05) is 30.0 Å². The number of hydrogen-bond donors (Lipinski definition) is 1. The van der Waals surface area contributed by atoms with Gasteiger partial charge < -0.3 is 10.0 Å². The van der Waals surface area contributed by atoms with Gasteiger partial charge in [0.15, 0.2) is 0 Å². The molecule has 1 N–H and O–H groups in total. The van der Waals surface area contributed by atoms with Gasteiger partial charge in [-0.3, -0.25) is 0 Å². The van der Waals surface area contributed by atoms with Gasteiger partial charge in [-0.25, -0.2) is 4.79 Å². The Labute approximate surface area is 140 Å². The third kappa shape index (κ3) is 3.50. The molecular weight excluding hydrogens is 318 g/mol. The third-order valence-electron chi connectivity index (χ3n) is 4.72. The van der Waals surface area contributed by atoms with Gasteiger partial charge in [-0.15, -0.1) is 11.8 Å². The minimum absolute atomic E-state index is 0.631. The SMILES string of the molecule is CN1C2CCC1CC(Sc1ccc(C=CC(=O)O)cc1Cl)C2. The molecule has 0 saturated carbocycles. The Morgan fingerprint density at radius 1 is 1.36 bits per heavy atom. The predicted molar refractivity (Wildman–Crippen MR) is 91.6 cm³/mol. The Morgan fingerprint density at radius 2 is 2.05 bits per heavy atom. The van der Waals surface area contributed by atoms with Crippen LogP contribution in [-0.2, 0) is 4.79 Å². The van der Waals surface area contributed by atoms with E-state index in [1.54, 1.807) is 6.08 Å². The summed E-state index contributed by atoms with van der Waals surface area (Å²) in [7, 11) is 2.25. The fourth-order valence-corrected chi connectivity index (χ4v) is 5.16. The Kier molecular flexibility index (Phi) is 4.81. The van der Waals surface area contributed by atoms with Gasteiger partial charge in [0.1, 0.15) is 0 Å². The second kappa shape index (κ2) is 6.65. The molecule has 3 rings (SSSR count). The molecular formula is C17H20ClNO2S. The van der Waals surface area contributed by atoms with Gasteiger partial charge in [-0.05, 0) is 56.5 Å². The van der Waals surface area contributed by atoms with Gasteiger partial charge in [0.2, 0.25) is 0 Å². The molecule has 0 spiro atoms. The van der Waals surface area contributed by atoms with Crippen molar-refractivity contribution in [3.63, 3.8) is 0 Å². The monoisotopic (exact) mass is 337 g/mol. The van der Waals surface area contributed by atoms with E-state index >= 15 is 0 Å². The van der Waals surface area contributed by atoms with Crippen LogP contribution in [-0.4, -0.2) is 40.4 Å². The van der Waals surface area contributed by atoms with Crippen molar-refractivity contribution in [1.29, 1.82) is 0 Å². The highest BCUT2D eigenvalue weighted by atomic mass is 35.5. The van der Waals surface area contributed by atoms with Crippen LogP contribution in [0.3, 0.4) is 0 Å². The zero-order valence-electron chi connectivity index (χ0n) is 12.5. The maximum atomic E-state index is 10.6. The quantitative estimate of drug-likeness (QED) is 0.838. The summed E-state index contributed by atoms with van der Waals surface area (Å²) in [5.41, 5.74) is 0.820. The fourth-order valence-electron chi connectivity index (χ4n) is 3.52. The molecule has 118 valence electrons. The van der Waals surface area contributed by atoms with Crippen LogP contribution in [0, 0.1) is 0 Å². The Morgan fingerprint density at radius 3 is 2.64 bits per heavy atom. The standard InChI is InChI=1S/C17H20ClNO2S/c1-19-12-4-5-13(19)10-14(9-12)22-16-6-2-11(8-15(16)18)3-7-17(20)21/h2-3,6-8,12-14H,4-5,9-10H2,1H3,(H,20,21). The smallest absolute Gasteiger partial charge is 0.328 e. The number of hydrogen-bond acceptors (Lipinski definition) is 3. The number of benzene rings is 1. The highest BCUT2D eigenvalue weighted by molar-refractivity contribution is 8.00.